The average molecular weight is 305 g/mol. The first kappa shape index (κ1) is 19.3. The molecule has 0 unspecified atom stereocenters. The molecular formula is C12H23N3O6. The summed E-state index contributed by atoms with van der Waals surface area (Å²) in [4.78, 5) is 35.0. The SMILES string of the molecule is CCN(CCNCC(=O)O)CCN(CC(=O)O)CC(=O)O. The zero-order valence-corrected chi connectivity index (χ0v) is 12.1. The number of aliphatic carboxylic acids is 3. The van der Waals surface area contributed by atoms with E-state index in [-0.39, 0.29) is 19.6 Å². The van der Waals surface area contributed by atoms with Crippen LogP contribution in [0.25, 0.3) is 0 Å². The van der Waals surface area contributed by atoms with Crippen LogP contribution in [0.15, 0.2) is 0 Å². The molecule has 0 aromatic rings. The predicted molar refractivity (Wildman–Crippen MR) is 74.3 cm³/mol. The smallest absolute Gasteiger partial charge is 0.317 e. The summed E-state index contributed by atoms with van der Waals surface area (Å²) in [6, 6.07) is 0. The van der Waals surface area contributed by atoms with Gasteiger partial charge in [-0.05, 0) is 6.54 Å². The van der Waals surface area contributed by atoms with E-state index in [1.54, 1.807) is 0 Å². The van der Waals surface area contributed by atoms with Crippen LogP contribution in [0.5, 0.6) is 0 Å². The molecule has 0 aliphatic heterocycles. The van der Waals surface area contributed by atoms with Gasteiger partial charge >= 0.3 is 17.9 Å². The molecule has 0 bridgehead atoms. The topological polar surface area (TPSA) is 130 Å². The molecule has 0 fully saturated rings. The van der Waals surface area contributed by atoms with Gasteiger partial charge < -0.3 is 25.5 Å². The monoisotopic (exact) mass is 305 g/mol. The highest BCUT2D eigenvalue weighted by molar-refractivity contribution is 5.72. The predicted octanol–water partition coefficient (Wildman–Crippen LogP) is -1.55. The Morgan fingerprint density at radius 1 is 0.857 bits per heavy atom. The van der Waals surface area contributed by atoms with Gasteiger partial charge in [0.1, 0.15) is 0 Å². The van der Waals surface area contributed by atoms with Crippen LogP contribution in [-0.2, 0) is 14.4 Å². The molecule has 21 heavy (non-hydrogen) atoms. The van der Waals surface area contributed by atoms with Gasteiger partial charge in [0, 0.05) is 26.2 Å². The van der Waals surface area contributed by atoms with E-state index in [2.05, 4.69) is 5.32 Å². The molecule has 4 N–H and O–H groups in total. The lowest BCUT2D eigenvalue weighted by Gasteiger charge is -2.24. The number of carboxylic acid groups (broad SMARTS) is 3. The highest BCUT2D eigenvalue weighted by Gasteiger charge is 2.14. The van der Waals surface area contributed by atoms with E-state index in [4.69, 9.17) is 15.3 Å². The van der Waals surface area contributed by atoms with Crippen LogP contribution in [0.2, 0.25) is 0 Å². The van der Waals surface area contributed by atoms with Crippen molar-refractivity contribution in [3.63, 3.8) is 0 Å². The molecule has 9 nitrogen and oxygen atoms in total. The van der Waals surface area contributed by atoms with Crippen LogP contribution in [0.1, 0.15) is 6.92 Å². The summed E-state index contributed by atoms with van der Waals surface area (Å²) < 4.78 is 0. The Bertz CT molecular complexity index is 334. The van der Waals surface area contributed by atoms with Gasteiger partial charge in [0.2, 0.25) is 0 Å². The minimum Gasteiger partial charge on any atom is -0.480 e. The van der Waals surface area contributed by atoms with Crippen LogP contribution < -0.4 is 5.32 Å². The second-order valence-corrected chi connectivity index (χ2v) is 4.50. The summed E-state index contributed by atoms with van der Waals surface area (Å²) in [5.74, 6) is -3.06. The van der Waals surface area contributed by atoms with Crippen LogP contribution in [0, 0.1) is 0 Å². The fourth-order valence-electron chi connectivity index (χ4n) is 1.74. The van der Waals surface area contributed by atoms with Crippen molar-refractivity contribution in [2.75, 3.05) is 52.4 Å². The van der Waals surface area contributed by atoms with Crippen LogP contribution in [-0.4, -0.2) is 95.4 Å². The Balaban J connectivity index is 4.10. The van der Waals surface area contributed by atoms with Gasteiger partial charge in [-0.3, -0.25) is 19.3 Å². The van der Waals surface area contributed by atoms with E-state index >= 15 is 0 Å². The molecule has 0 spiro atoms. The Labute approximate surface area is 123 Å². The van der Waals surface area contributed by atoms with E-state index < -0.39 is 17.9 Å². The third-order valence-corrected chi connectivity index (χ3v) is 2.78. The fourth-order valence-corrected chi connectivity index (χ4v) is 1.74. The number of likely N-dealkylation sites (N-methyl/N-ethyl adjacent to an activating group) is 1. The van der Waals surface area contributed by atoms with Crippen LogP contribution in [0.3, 0.4) is 0 Å². The first-order valence-corrected chi connectivity index (χ1v) is 6.66. The van der Waals surface area contributed by atoms with Crippen molar-refractivity contribution in [3.05, 3.63) is 0 Å². The molecule has 0 saturated heterocycles. The molecule has 0 radical (unpaired) electrons. The summed E-state index contributed by atoms with van der Waals surface area (Å²) >= 11 is 0. The van der Waals surface area contributed by atoms with E-state index in [1.165, 1.54) is 4.90 Å². The first-order valence-electron chi connectivity index (χ1n) is 6.66. The standard InChI is InChI=1S/C12H23N3O6/c1-2-14(4-3-13-7-10(16)17)5-6-15(8-11(18)19)9-12(20)21/h13H,2-9H2,1H3,(H,16,17)(H,18,19)(H,20,21). The van der Waals surface area contributed by atoms with Crippen molar-refractivity contribution in [2.45, 2.75) is 6.92 Å². The summed E-state index contributed by atoms with van der Waals surface area (Å²) in [6.07, 6.45) is 0. The zero-order valence-electron chi connectivity index (χ0n) is 12.1. The highest BCUT2D eigenvalue weighted by atomic mass is 16.4. The Morgan fingerprint density at radius 3 is 1.81 bits per heavy atom. The van der Waals surface area contributed by atoms with E-state index in [9.17, 15) is 14.4 Å². The summed E-state index contributed by atoms with van der Waals surface area (Å²) in [5, 5.41) is 28.7. The number of carboxylic acids is 3. The number of nitrogens with zero attached hydrogens (tertiary/aromatic N) is 2. The quantitative estimate of drug-likeness (QED) is 0.299. The maximum absolute atomic E-state index is 10.7. The molecule has 9 heteroatoms. The molecule has 0 aliphatic carbocycles. The van der Waals surface area contributed by atoms with Gasteiger partial charge in [-0.15, -0.1) is 0 Å². The Morgan fingerprint density at radius 2 is 1.38 bits per heavy atom. The lowest BCUT2D eigenvalue weighted by molar-refractivity contribution is -0.142. The fraction of sp³-hybridized carbons (Fsp3) is 0.750. The molecular weight excluding hydrogens is 282 g/mol. The van der Waals surface area contributed by atoms with Crippen molar-refractivity contribution >= 4 is 17.9 Å². The molecule has 0 aromatic carbocycles. The second-order valence-electron chi connectivity index (χ2n) is 4.50. The number of rotatable bonds is 13. The molecule has 0 rings (SSSR count). The Hall–Kier alpha value is -1.71. The summed E-state index contributed by atoms with van der Waals surface area (Å²) in [7, 11) is 0. The minimum absolute atomic E-state index is 0.109. The number of nitrogens with one attached hydrogen (secondary N) is 1. The molecule has 0 aromatic heterocycles. The van der Waals surface area contributed by atoms with Crippen molar-refractivity contribution in [3.8, 4) is 0 Å². The largest absolute Gasteiger partial charge is 0.480 e. The second kappa shape index (κ2) is 11.0. The zero-order chi connectivity index (χ0) is 16.3. The average Bonchev–Trinajstić information content (AvgIpc) is 2.35. The van der Waals surface area contributed by atoms with Gasteiger partial charge in [-0.1, -0.05) is 6.92 Å². The van der Waals surface area contributed by atoms with Gasteiger partial charge in [0.05, 0.1) is 19.6 Å². The van der Waals surface area contributed by atoms with E-state index in [1.807, 2.05) is 11.8 Å². The van der Waals surface area contributed by atoms with E-state index in [0.29, 0.717) is 32.7 Å². The van der Waals surface area contributed by atoms with Crippen molar-refractivity contribution in [1.82, 2.24) is 15.1 Å². The lowest BCUT2D eigenvalue weighted by atomic mass is 10.4. The number of hydrogen-bond acceptors (Lipinski definition) is 6. The van der Waals surface area contributed by atoms with Crippen LogP contribution in [0.4, 0.5) is 0 Å². The summed E-state index contributed by atoms with van der Waals surface area (Å²) in [6.45, 7) is 3.84. The first-order chi connectivity index (χ1) is 9.85. The molecule has 0 amide bonds. The third kappa shape index (κ3) is 11.8. The van der Waals surface area contributed by atoms with Gasteiger partial charge in [0.25, 0.3) is 0 Å². The van der Waals surface area contributed by atoms with Gasteiger partial charge in [0.15, 0.2) is 0 Å². The lowest BCUT2D eigenvalue weighted by Crippen LogP contribution is -2.42. The highest BCUT2D eigenvalue weighted by Crippen LogP contribution is 1.93. The van der Waals surface area contributed by atoms with Crippen LogP contribution >= 0.6 is 0 Å². The molecule has 0 saturated carbocycles. The number of hydrogen-bond donors (Lipinski definition) is 4. The maximum Gasteiger partial charge on any atom is 0.317 e. The van der Waals surface area contributed by atoms with Crippen molar-refractivity contribution < 1.29 is 29.7 Å². The summed E-state index contributed by atoms with van der Waals surface area (Å²) in [5.41, 5.74) is 0. The van der Waals surface area contributed by atoms with Crippen molar-refractivity contribution in [2.24, 2.45) is 0 Å². The minimum atomic E-state index is -1.07. The molecule has 0 heterocycles. The third-order valence-electron chi connectivity index (χ3n) is 2.78. The normalized spacial score (nSPS) is 11.0. The van der Waals surface area contributed by atoms with E-state index in [0.717, 1.165) is 0 Å². The molecule has 122 valence electrons. The van der Waals surface area contributed by atoms with Gasteiger partial charge in [-0.2, -0.15) is 0 Å². The Kier molecular flexibility index (Phi) is 10.1. The molecule has 0 aliphatic rings. The van der Waals surface area contributed by atoms with Crippen molar-refractivity contribution in [1.29, 1.82) is 0 Å². The number of carbonyl (C=O) groups is 3. The van der Waals surface area contributed by atoms with Gasteiger partial charge in [-0.25, -0.2) is 0 Å². The maximum atomic E-state index is 10.7. The molecule has 0 atom stereocenters.